The van der Waals surface area contributed by atoms with Crippen LogP contribution in [0.25, 0.3) is 0 Å². The van der Waals surface area contributed by atoms with Crippen LogP contribution in [0.2, 0.25) is 0 Å². The number of aromatic nitrogens is 2. The molecule has 1 aliphatic heterocycles. The van der Waals surface area contributed by atoms with Crippen LogP contribution < -0.4 is 5.46 Å². The van der Waals surface area contributed by atoms with Crippen LogP contribution >= 0.6 is 0 Å². The van der Waals surface area contributed by atoms with Crippen LogP contribution in [0.4, 0.5) is 0 Å². The fraction of sp³-hybridized carbons (Fsp3) is 0.385. The van der Waals surface area contributed by atoms with E-state index in [2.05, 4.69) is 9.97 Å². The summed E-state index contributed by atoms with van der Waals surface area (Å²) in [6.45, 7) is 7.38. The zero-order valence-corrected chi connectivity index (χ0v) is 18.1. The van der Waals surface area contributed by atoms with Gasteiger partial charge < -0.3 is 9.31 Å². The number of nitrogens with zero attached hydrogens (tertiary/aromatic N) is 2. The minimum absolute atomic E-state index is 0.00582. The molecule has 2 aromatic heterocycles. The molecule has 0 radical (unpaired) electrons. The third kappa shape index (κ3) is 5.23. The maximum atomic E-state index is 8.91. The summed E-state index contributed by atoms with van der Waals surface area (Å²) in [6.07, 6.45) is -5.08. The highest BCUT2D eigenvalue weighted by Gasteiger charge is 2.51. The molecule has 1 saturated heterocycles. The van der Waals surface area contributed by atoms with Crippen molar-refractivity contribution < 1.29 is 20.3 Å². The van der Waals surface area contributed by atoms with Gasteiger partial charge in [-0.2, -0.15) is 0 Å². The summed E-state index contributed by atoms with van der Waals surface area (Å²) in [5.74, 6) is 0. The summed E-state index contributed by atoms with van der Waals surface area (Å²) in [6, 6.07) is 9.86. The molecular formula is C26H31BN2O2. The third-order valence-electron chi connectivity index (χ3n) is 5.51. The first-order valence-corrected chi connectivity index (χ1v) is 10.2. The number of benzene rings is 1. The second-order valence-electron chi connectivity index (χ2n) is 8.42. The van der Waals surface area contributed by atoms with Crippen molar-refractivity contribution in [3.05, 3.63) is 89.5 Å². The van der Waals surface area contributed by atoms with Gasteiger partial charge in [0.2, 0.25) is 0 Å². The summed E-state index contributed by atoms with van der Waals surface area (Å²) in [7, 11) is -1.02. The average Bonchev–Trinajstić information content (AvgIpc) is 3.11. The second-order valence-corrected chi connectivity index (χ2v) is 8.42. The van der Waals surface area contributed by atoms with Gasteiger partial charge >= 0.3 is 7.12 Å². The van der Waals surface area contributed by atoms with Crippen molar-refractivity contribution in [2.45, 2.75) is 64.4 Å². The first-order chi connectivity index (χ1) is 17.8. The Morgan fingerprint density at radius 3 is 1.61 bits per heavy atom. The van der Waals surface area contributed by atoms with E-state index in [9.17, 15) is 0 Å². The standard InChI is InChI=1S/C26H31BN2O2/c1-25(2)26(3,4)31-27(30-25)24-16-22(11-9-20-7-5-13-28-18-20)15-23(17-24)12-10-21-8-6-14-29-19-21/h5-8,13-19H,9-12H2,1-4H3/i9D2,10D2,11D2,12D2. The van der Waals surface area contributed by atoms with Crippen LogP contribution in [0.5, 0.6) is 0 Å². The minimum Gasteiger partial charge on any atom is -0.399 e. The van der Waals surface area contributed by atoms with Gasteiger partial charge in [0.25, 0.3) is 0 Å². The fourth-order valence-electron chi connectivity index (χ4n) is 3.07. The molecule has 0 unspecified atom stereocenters. The van der Waals surface area contributed by atoms with Crippen LogP contribution in [0, 0.1) is 0 Å². The van der Waals surface area contributed by atoms with E-state index >= 15 is 0 Å². The van der Waals surface area contributed by atoms with Gasteiger partial charge in [0.1, 0.15) is 0 Å². The molecule has 0 saturated carbocycles. The molecule has 0 atom stereocenters. The summed E-state index contributed by atoms with van der Waals surface area (Å²) >= 11 is 0. The Hall–Kier alpha value is -2.50. The zero-order valence-electron chi connectivity index (χ0n) is 26.1. The van der Waals surface area contributed by atoms with E-state index in [0.717, 1.165) is 0 Å². The van der Waals surface area contributed by atoms with Crippen molar-refractivity contribution in [2.75, 3.05) is 0 Å². The average molecular weight is 422 g/mol. The van der Waals surface area contributed by atoms with E-state index in [-0.39, 0.29) is 27.7 Å². The Kier molecular flexibility index (Phi) is 3.98. The SMILES string of the molecule is [2H]C([2H])(c1cccnc1)C([2H])([2H])c1cc(B2OC(C)(C)C(C)(C)O2)cc(C([2H])([2H])C([2H])([2H])c2cccnc2)c1. The molecule has 1 aromatic carbocycles. The molecule has 3 heterocycles. The molecule has 31 heavy (non-hydrogen) atoms. The van der Waals surface area contributed by atoms with E-state index in [0.29, 0.717) is 0 Å². The number of hydrogen-bond donors (Lipinski definition) is 0. The molecule has 0 bridgehead atoms. The number of aryl methyl sites for hydroxylation is 4. The summed E-state index contributed by atoms with van der Waals surface area (Å²) < 4.78 is 82.8. The lowest BCUT2D eigenvalue weighted by Gasteiger charge is -2.32. The topological polar surface area (TPSA) is 44.2 Å². The van der Waals surface area contributed by atoms with E-state index in [1.165, 1.54) is 67.3 Å². The van der Waals surface area contributed by atoms with Crippen LogP contribution in [0.3, 0.4) is 0 Å². The lowest BCUT2D eigenvalue weighted by Crippen LogP contribution is -2.41. The molecule has 3 aromatic rings. The van der Waals surface area contributed by atoms with Gasteiger partial charge in [-0.15, -0.1) is 0 Å². The van der Waals surface area contributed by atoms with Gasteiger partial charge in [0, 0.05) is 35.8 Å². The molecule has 0 amide bonds. The number of hydrogen-bond acceptors (Lipinski definition) is 4. The quantitative estimate of drug-likeness (QED) is 0.531. The Morgan fingerprint density at radius 1 is 0.742 bits per heavy atom. The smallest absolute Gasteiger partial charge is 0.399 e. The molecule has 0 aliphatic carbocycles. The van der Waals surface area contributed by atoms with Gasteiger partial charge in [-0.05, 0) is 93.0 Å². The van der Waals surface area contributed by atoms with Gasteiger partial charge in [-0.1, -0.05) is 30.3 Å². The predicted molar refractivity (Wildman–Crippen MR) is 125 cm³/mol. The van der Waals surface area contributed by atoms with Gasteiger partial charge in [-0.3, -0.25) is 9.97 Å². The maximum Gasteiger partial charge on any atom is 0.494 e. The summed E-state index contributed by atoms with van der Waals surface area (Å²) in [5.41, 5.74) is -1.62. The van der Waals surface area contributed by atoms with E-state index < -0.39 is 43.8 Å². The third-order valence-corrected chi connectivity index (χ3v) is 5.51. The highest BCUT2D eigenvalue weighted by Crippen LogP contribution is 2.36. The van der Waals surface area contributed by atoms with Gasteiger partial charge in [-0.25, -0.2) is 0 Å². The van der Waals surface area contributed by atoms with Crippen LogP contribution in [-0.4, -0.2) is 28.3 Å². The molecular weight excluding hydrogens is 383 g/mol. The van der Waals surface area contributed by atoms with Crippen molar-refractivity contribution in [1.82, 2.24) is 9.97 Å². The molecule has 4 nitrogen and oxygen atoms in total. The van der Waals surface area contributed by atoms with Crippen LogP contribution in [0.1, 0.15) is 60.9 Å². The van der Waals surface area contributed by atoms with Crippen molar-refractivity contribution in [2.24, 2.45) is 0 Å². The van der Waals surface area contributed by atoms with E-state index in [1.807, 2.05) is 27.7 Å². The molecule has 5 heteroatoms. The number of rotatable bonds is 7. The van der Waals surface area contributed by atoms with E-state index in [4.69, 9.17) is 20.3 Å². The van der Waals surface area contributed by atoms with Crippen molar-refractivity contribution in [3.63, 3.8) is 0 Å². The minimum atomic E-state index is -2.68. The maximum absolute atomic E-state index is 8.91. The van der Waals surface area contributed by atoms with Crippen molar-refractivity contribution in [3.8, 4) is 0 Å². The van der Waals surface area contributed by atoms with Gasteiger partial charge in [0.15, 0.2) is 0 Å². The first kappa shape index (κ1) is 13.8. The second kappa shape index (κ2) is 8.93. The van der Waals surface area contributed by atoms with Crippen LogP contribution in [-0.2, 0) is 34.8 Å². The number of pyridine rings is 2. The molecule has 4 rings (SSSR count). The molecule has 0 N–H and O–H groups in total. The zero-order chi connectivity index (χ0) is 29.1. The Morgan fingerprint density at radius 2 is 1.19 bits per heavy atom. The first-order valence-electron chi connectivity index (χ1n) is 14.2. The monoisotopic (exact) mass is 422 g/mol. The summed E-state index contributed by atoms with van der Waals surface area (Å²) in [4.78, 5) is 7.86. The molecule has 1 fully saturated rings. The Labute approximate surface area is 197 Å². The molecule has 1 aliphatic rings. The normalized spacial score (nSPS) is 22.8. The highest BCUT2D eigenvalue weighted by molar-refractivity contribution is 6.62. The van der Waals surface area contributed by atoms with Crippen molar-refractivity contribution >= 4 is 12.6 Å². The van der Waals surface area contributed by atoms with Crippen molar-refractivity contribution in [1.29, 1.82) is 0 Å². The van der Waals surface area contributed by atoms with Crippen LogP contribution in [0.15, 0.2) is 67.3 Å². The Balaban J connectivity index is 1.91. The fourth-order valence-corrected chi connectivity index (χ4v) is 3.07. The summed E-state index contributed by atoms with van der Waals surface area (Å²) in [5, 5.41) is 0. The largest absolute Gasteiger partial charge is 0.494 e. The Bertz CT molecular complexity index is 1240. The molecule has 0 spiro atoms. The van der Waals surface area contributed by atoms with Gasteiger partial charge in [0.05, 0.1) is 11.2 Å². The highest BCUT2D eigenvalue weighted by atomic mass is 16.7. The predicted octanol–water partition coefficient (Wildman–Crippen LogP) is 4.35. The molecule has 160 valence electrons. The lowest BCUT2D eigenvalue weighted by atomic mass is 9.76. The van der Waals surface area contributed by atoms with E-state index in [1.54, 1.807) is 0 Å². The lowest BCUT2D eigenvalue weighted by molar-refractivity contribution is 0.00578.